The number of carboxylic acid groups (broad SMARTS) is 1. The molecule has 0 radical (unpaired) electrons. The number of fused-ring (bicyclic) bond motifs is 1. The van der Waals surface area contributed by atoms with Gasteiger partial charge in [-0.1, -0.05) is 31.7 Å². The molecule has 0 bridgehead atoms. The second kappa shape index (κ2) is 10.8. The number of benzene rings is 1. The fourth-order valence-electron chi connectivity index (χ4n) is 4.31. The maximum Gasteiger partial charge on any atom is 0.421 e. The lowest BCUT2D eigenvalue weighted by atomic mass is 10.0. The summed E-state index contributed by atoms with van der Waals surface area (Å²) in [6, 6.07) is 4.47. The van der Waals surface area contributed by atoms with Gasteiger partial charge in [0, 0.05) is 42.7 Å². The van der Waals surface area contributed by atoms with Gasteiger partial charge >= 0.3 is 6.09 Å². The average molecular weight is 440 g/mol. The van der Waals surface area contributed by atoms with Crippen LogP contribution in [0.5, 0.6) is 0 Å². The van der Waals surface area contributed by atoms with Gasteiger partial charge < -0.3 is 15.3 Å². The Hall–Kier alpha value is -3.34. The number of nitrogens with one attached hydrogen (secondary N) is 1. The van der Waals surface area contributed by atoms with Gasteiger partial charge in [-0.25, -0.2) is 4.79 Å². The van der Waals surface area contributed by atoms with E-state index in [9.17, 15) is 24.3 Å². The van der Waals surface area contributed by atoms with Crippen molar-refractivity contribution >= 4 is 29.5 Å². The van der Waals surface area contributed by atoms with E-state index in [0.717, 1.165) is 56.3 Å². The number of carbonyl (C=O) groups is 4. The molecule has 8 heteroatoms. The molecule has 1 fully saturated rings. The summed E-state index contributed by atoms with van der Waals surface area (Å²) in [5, 5.41) is 12.6. The number of carbonyl (C=O) groups excluding carboxylic acids is 3. The van der Waals surface area contributed by atoms with Crippen molar-refractivity contribution < 1.29 is 24.3 Å². The Morgan fingerprint density at radius 1 is 1.12 bits per heavy atom. The van der Waals surface area contributed by atoms with Gasteiger partial charge in [-0.05, 0) is 31.4 Å². The highest BCUT2D eigenvalue weighted by atomic mass is 16.4. The van der Waals surface area contributed by atoms with Crippen molar-refractivity contribution in [1.29, 1.82) is 0 Å². The number of anilines is 1. The second-order valence-electron chi connectivity index (χ2n) is 8.17. The Kier molecular flexibility index (Phi) is 7.87. The number of piperidine rings is 1. The molecule has 2 aliphatic rings. The molecule has 170 valence electrons. The van der Waals surface area contributed by atoms with Crippen LogP contribution in [0.25, 0.3) is 0 Å². The first-order valence-corrected chi connectivity index (χ1v) is 11.2. The fraction of sp³-hybridized carbons (Fsp3) is 0.500. The van der Waals surface area contributed by atoms with E-state index in [1.807, 2.05) is 6.07 Å². The third-order valence-corrected chi connectivity index (χ3v) is 6.01. The molecular formula is C24H29N3O5. The molecule has 1 aromatic rings. The molecule has 0 spiro atoms. The topological polar surface area (TPSA) is 107 Å². The number of nitrogens with zero attached hydrogens (tertiary/aromatic N) is 2. The van der Waals surface area contributed by atoms with Crippen LogP contribution in [0.15, 0.2) is 18.2 Å². The van der Waals surface area contributed by atoms with Crippen LogP contribution >= 0.6 is 0 Å². The van der Waals surface area contributed by atoms with Crippen molar-refractivity contribution in [3.63, 3.8) is 0 Å². The van der Waals surface area contributed by atoms with Crippen LogP contribution in [0.3, 0.4) is 0 Å². The molecule has 1 unspecified atom stereocenters. The Balaban J connectivity index is 1.56. The van der Waals surface area contributed by atoms with Gasteiger partial charge in [0.05, 0.1) is 0 Å². The molecule has 2 N–H and O–H groups in total. The summed E-state index contributed by atoms with van der Waals surface area (Å²) in [5.74, 6) is 0.741. The second-order valence-corrected chi connectivity index (χ2v) is 8.17. The highest BCUT2D eigenvalue weighted by Gasteiger charge is 2.45. The predicted molar refractivity (Wildman–Crippen MR) is 119 cm³/mol. The van der Waals surface area contributed by atoms with Crippen LogP contribution in [0.2, 0.25) is 0 Å². The number of hydrogen-bond acceptors (Lipinski definition) is 5. The molecule has 1 saturated heterocycles. The molecule has 1 atom stereocenters. The minimum Gasteiger partial charge on any atom is -0.464 e. The van der Waals surface area contributed by atoms with Crippen LogP contribution in [-0.4, -0.2) is 51.3 Å². The smallest absolute Gasteiger partial charge is 0.421 e. The van der Waals surface area contributed by atoms with Gasteiger partial charge in [-0.2, -0.15) is 4.90 Å². The molecule has 0 aliphatic carbocycles. The van der Waals surface area contributed by atoms with Crippen LogP contribution in [0.4, 0.5) is 10.5 Å². The lowest BCUT2D eigenvalue weighted by Crippen LogP contribution is -2.56. The first-order chi connectivity index (χ1) is 15.5. The number of rotatable bonds is 10. The molecule has 2 heterocycles. The summed E-state index contributed by atoms with van der Waals surface area (Å²) in [4.78, 5) is 50.3. The first-order valence-electron chi connectivity index (χ1n) is 11.2. The lowest BCUT2D eigenvalue weighted by molar-refractivity contribution is -0.149. The summed E-state index contributed by atoms with van der Waals surface area (Å²) >= 11 is 0. The van der Waals surface area contributed by atoms with Crippen molar-refractivity contribution in [3.8, 4) is 12.3 Å². The maximum atomic E-state index is 13.0. The van der Waals surface area contributed by atoms with Crippen LogP contribution < -0.4 is 5.32 Å². The number of imide groups is 3. The SMILES string of the molecule is C#CCCCCCCCCNc1cccc2c1CN(C1CCC(=O)N(C(=O)O)C1=O)C2=O. The lowest BCUT2D eigenvalue weighted by Gasteiger charge is -2.33. The monoisotopic (exact) mass is 439 g/mol. The maximum absolute atomic E-state index is 13.0. The molecule has 2 aliphatic heterocycles. The zero-order valence-electron chi connectivity index (χ0n) is 18.1. The zero-order valence-corrected chi connectivity index (χ0v) is 18.1. The Morgan fingerprint density at radius 3 is 2.56 bits per heavy atom. The zero-order chi connectivity index (χ0) is 23.1. The van der Waals surface area contributed by atoms with Gasteiger partial charge in [-0.3, -0.25) is 14.4 Å². The van der Waals surface area contributed by atoms with Gasteiger partial charge in [-0.15, -0.1) is 12.3 Å². The van der Waals surface area contributed by atoms with Gasteiger partial charge in [0.2, 0.25) is 5.91 Å². The van der Waals surface area contributed by atoms with Crippen LogP contribution in [0, 0.1) is 12.3 Å². The Bertz CT molecular complexity index is 936. The summed E-state index contributed by atoms with van der Waals surface area (Å²) in [6.07, 6.45) is 11.2. The number of terminal acetylenes is 1. The van der Waals surface area contributed by atoms with E-state index < -0.39 is 23.9 Å². The quantitative estimate of drug-likeness (QED) is 0.328. The Labute approximate surface area is 187 Å². The van der Waals surface area contributed by atoms with Crippen molar-refractivity contribution in [2.75, 3.05) is 11.9 Å². The molecule has 32 heavy (non-hydrogen) atoms. The van der Waals surface area contributed by atoms with E-state index in [-0.39, 0.29) is 30.2 Å². The number of likely N-dealkylation sites (tertiary alicyclic amines) is 1. The normalized spacial score (nSPS) is 18.0. The molecular weight excluding hydrogens is 410 g/mol. The van der Waals surface area contributed by atoms with Crippen molar-refractivity contribution in [1.82, 2.24) is 9.80 Å². The summed E-state index contributed by atoms with van der Waals surface area (Å²) < 4.78 is 0. The third-order valence-electron chi connectivity index (χ3n) is 6.01. The fourth-order valence-corrected chi connectivity index (χ4v) is 4.31. The molecule has 0 aromatic heterocycles. The summed E-state index contributed by atoms with van der Waals surface area (Å²) in [6.45, 7) is 0.989. The van der Waals surface area contributed by atoms with Crippen LogP contribution in [0.1, 0.15) is 73.7 Å². The number of hydrogen-bond donors (Lipinski definition) is 2. The van der Waals surface area contributed by atoms with Crippen molar-refractivity contribution in [2.24, 2.45) is 0 Å². The first kappa shape index (κ1) is 23.3. The molecule has 3 rings (SSSR count). The van der Waals surface area contributed by atoms with E-state index in [2.05, 4.69) is 11.2 Å². The van der Waals surface area contributed by atoms with Crippen molar-refractivity contribution in [2.45, 2.75) is 70.4 Å². The average Bonchev–Trinajstić information content (AvgIpc) is 3.09. The summed E-state index contributed by atoms with van der Waals surface area (Å²) in [7, 11) is 0. The minimum atomic E-state index is -1.60. The Morgan fingerprint density at radius 2 is 1.84 bits per heavy atom. The summed E-state index contributed by atoms with van der Waals surface area (Å²) in [5.41, 5.74) is 2.16. The van der Waals surface area contributed by atoms with Crippen LogP contribution in [-0.2, 0) is 16.1 Å². The largest absolute Gasteiger partial charge is 0.464 e. The van der Waals surface area contributed by atoms with Gasteiger partial charge in [0.25, 0.3) is 11.8 Å². The molecule has 8 nitrogen and oxygen atoms in total. The molecule has 1 aromatic carbocycles. The van der Waals surface area contributed by atoms with Gasteiger partial charge in [0.15, 0.2) is 0 Å². The highest BCUT2D eigenvalue weighted by Crippen LogP contribution is 2.33. The number of amides is 4. The van der Waals surface area contributed by atoms with E-state index in [4.69, 9.17) is 6.42 Å². The molecule has 0 saturated carbocycles. The third kappa shape index (κ3) is 5.10. The standard InChI is InChI=1S/C24H29N3O5/c1-2-3-4-5-6-7-8-9-15-25-19-12-10-11-17-18(19)16-26(22(17)29)20-13-14-21(28)27(23(20)30)24(31)32/h1,10-12,20,25H,3-9,13-16H2,(H,31,32). The minimum absolute atomic E-state index is 0.0866. The van der Waals surface area contributed by atoms with Gasteiger partial charge in [0.1, 0.15) is 6.04 Å². The van der Waals surface area contributed by atoms with E-state index in [0.29, 0.717) is 5.56 Å². The molecule has 4 amide bonds. The van der Waals surface area contributed by atoms with E-state index >= 15 is 0 Å². The van der Waals surface area contributed by atoms with Crippen molar-refractivity contribution in [3.05, 3.63) is 29.3 Å². The predicted octanol–water partition coefficient (Wildman–Crippen LogP) is 3.61. The van der Waals surface area contributed by atoms with E-state index in [1.54, 1.807) is 12.1 Å². The van der Waals surface area contributed by atoms with E-state index in [1.165, 1.54) is 11.3 Å². The number of unbranched alkanes of at least 4 members (excludes halogenated alkanes) is 6. The highest BCUT2D eigenvalue weighted by molar-refractivity contribution is 6.13.